The Morgan fingerprint density at radius 1 is 0.634 bits per heavy atom. The molecule has 2 aromatic heterocycles. The van der Waals surface area contributed by atoms with E-state index in [1.54, 1.807) is 0 Å². The van der Waals surface area contributed by atoms with Crippen LogP contribution in [0.3, 0.4) is 0 Å². The van der Waals surface area contributed by atoms with Gasteiger partial charge in [-0.15, -0.1) is 0 Å². The zero-order chi connectivity index (χ0) is 50.9. The fourth-order valence-electron chi connectivity index (χ4n) is 7.99. The molecule has 1 fully saturated rings. The van der Waals surface area contributed by atoms with Gasteiger partial charge in [-0.25, -0.2) is 9.97 Å². The van der Waals surface area contributed by atoms with Gasteiger partial charge >= 0.3 is 0 Å². The number of benzene rings is 3. The van der Waals surface area contributed by atoms with Gasteiger partial charge in [-0.05, 0) is 101 Å². The molecule has 0 bridgehead atoms. The zero-order valence-corrected chi connectivity index (χ0v) is 40.0. The number of nitrogens with zero attached hydrogens (tertiary/aromatic N) is 7. The molecule has 380 valence electrons. The highest BCUT2D eigenvalue weighted by atomic mass is 16.5. The number of nitrogens with one attached hydrogen (secondary N) is 5. The molecular weight excluding hydrogens is 911 g/mol. The maximum atomic E-state index is 13.8. The number of imidazole rings is 2. The summed E-state index contributed by atoms with van der Waals surface area (Å²) < 4.78 is 6.06. The number of hydrogen-bond acceptors (Lipinski definition) is 12. The quantitative estimate of drug-likeness (QED) is 0.0194. The Morgan fingerprint density at radius 2 is 1.15 bits per heavy atom. The van der Waals surface area contributed by atoms with Crippen LogP contribution in [-0.2, 0) is 19.2 Å². The molecule has 0 radical (unpaired) electrons. The van der Waals surface area contributed by atoms with Crippen LogP contribution in [0.4, 0.5) is 5.69 Å². The van der Waals surface area contributed by atoms with E-state index in [-0.39, 0.29) is 76.2 Å². The van der Waals surface area contributed by atoms with E-state index in [1.165, 1.54) is 5.69 Å². The largest absolute Gasteiger partial charge is 0.494 e. The second-order valence-electron chi connectivity index (χ2n) is 17.4. The lowest BCUT2D eigenvalue weighted by atomic mass is 10.1. The molecule has 24 nitrogen and oxygen atoms in total. The summed E-state index contributed by atoms with van der Waals surface area (Å²) in [4.78, 5) is 86.2. The van der Waals surface area contributed by atoms with Crippen LogP contribution in [0.5, 0.6) is 5.75 Å². The topological polar surface area (TPSA) is 397 Å². The van der Waals surface area contributed by atoms with E-state index >= 15 is 0 Å². The highest BCUT2D eigenvalue weighted by Crippen LogP contribution is 2.29. The molecule has 3 aromatic carbocycles. The van der Waals surface area contributed by atoms with E-state index < -0.39 is 41.8 Å². The van der Waals surface area contributed by atoms with Crippen molar-refractivity contribution in [1.29, 1.82) is 0 Å². The first kappa shape index (κ1) is 52.2. The first-order valence-corrected chi connectivity index (χ1v) is 23.6. The number of carbonyl (C=O) groups excluding carboxylic acids is 4. The van der Waals surface area contributed by atoms with Crippen LogP contribution >= 0.6 is 0 Å². The molecular formula is C47H67N19O5. The number of ether oxygens (including phenoxy) is 1. The number of carbonyl (C=O) groups is 4. The van der Waals surface area contributed by atoms with Crippen LogP contribution in [0.2, 0.25) is 0 Å². The van der Waals surface area contributed by atoms with E-state index in [9.17, 15) is 19.2 Å². The van der Waals surface area contributed by atoms with Crippen molar-refractivity contribution in [3.8, 4) is 28.5 Å². The molecule has 24 heteroatoms. The minimum atomic E-state index is -1.15. The third-order valence-electron chi connectivity index (χ3n) is 11.8. The number of aromatic nitrogens is 4. The van der Waals surface area contributed by atoms with Crippen molar-refractivity contribution < 1.29 is 23.9 Å². The van der Waals surface area contributed by atoms with Crippen LogP contribution in [0.1, 0.15) is 51.4 Å². The molecule has 19 N–H and O–H groups in total. The summed E-state index contributed by atoms with van der Waals surface area (Å²) in [6.07, 6.45) is 1.64. The molecule has 1 aliphatic rings. The van der Waals surface area contributed by atoms with Gasteiger partial charge in [0.15, 0.2) is 17.9 Å². The molecule has 5 aromatic rings. The molecule has 3 heterocycles. The molecule has 71 heavy (non-hydrogen) atoms. The van der Waals surface area contributed by atoms with Crippen molar-refractivity contribution in [3.63, 3.8) is 0 Å². The van der Waals surface area contributed by atoms with E-state index in [1.807, 2.05) is 42.5 Å². The Morgan fingerprint density at radius 3 is 1.73 bits per heavy atom. The molecule has 4 amide bonds. The molecule has 0 aliphatic carbocycles. The predicted molar refractivity (Wildman–Crippen MR) is 276 cm³/mol. The van der Waals surface area contributed by atoms with E-state index in [0.717, 1.165) is 65.2 Å². The number of piperazine rings is 1. The summed E-state index contributed by atoms with van der Waals surface area (Å²) in [6.45, 7) is 4.79. The van der Waals surface area contributed by atoms with Gasteiger partial charge in [0.25, 0.3) is 0 Å². The smallest absolute Gasteiger partial charge is 0.243 e. The third-order valence-corrected chi connectivity index (χ3v) is 11.8. The van der Waals surface area contributed by atoms with E-state index in [0.29, 0.717) is 30.8 Å². The number of aromatic amines is 2. The summed E-state index contributed by atoms with van der Waals surface area (Å²) in [5, 5.41) is 8.11. The first-order valence-electron chi connectivity index (χ1n) is 23.6. The Bertz CT molecular complexity index is 2690. The fourth-order valence-corrected chi connectivity index (χ4v) is 7.99. The summed E-state index contributed by atoms with van der Waals surface area (Å²) in [6, 6.07) is 16.5. The lowest BCUT2D eigenvalue weighted by molar-refractivity contribution is -0.133. The average molecular weight is 978 g/mol. The Labute approximate surface area is 411 Å². The van der Waals surface area contributed by atoms with Gasteiger partial charge < -0.3 is 80.6 Å². The number of likely N-dealkylation sites (N-methyl/N-ethyl adjacent to an activating group) is 1. The van der Waals surface area contributed by atoms with Gasteiger partial charge in [-0.3, -0.25) is 34.2 Å². The van der Waals surface area contributed by atoms with Crippen LogP contribution < -0.4 is 65.7 Å². The number of rotatable bonds is 26. The van der Waals surface area contributed by atoms with Crippen LogP contribution in [-0.4, -0.2) is 144 Å². The lowest BCUT2D eigenvalue weighted by Crippen LogP contribution is -2.56. The van der Waals surface area contributed by atoms with Crippen LogP contribution in [0.25, 0.3) is 44.8 Å². The second kappa shape index (κ2) is 25.5. The molecule has 1 saturated heterocycles. The number of anilines is 1. The highest BCUT2D eigenvalue weighted by molar-refractivity contribution is 5.94. The number of primary amides is 1. The van der Waals surface area contributed by atoms with Gasteiger partial charge in [-0.1, -0.05) is 12.1 Å². The van der Waals surface area contributed by atoms with Crippen LogP contribution in [0.15, 0.2) is 75.6 Å². The van der Waals surface area contributed by atoms with Gasteiger partial charge in [0, 0.05) is 69.0 Å². The SMILES string of the molecule is CN1CCN(c2ccc3nc(-c4ccc5nc(-c6cccc(OCCCC(=O)N[C@@H](CCCN=C(N)N)C(=O)N[C@@H](CCCN=C(N)N)C(=O)N[C@@H](CCCN=C(N)N)C(N)=O)c6)[nH]c5c4)[nH]c3c2)CC1. The monoisotopic (exact) mass is 978 g/mol. The maximum absolute atomic E-state index is 13.8. The summed E-state index contributed by atoms with van der Waals surface area (Å²) in [5.41, 5.74) is 44.7. The number of fused-ring (bicyclic) bond motifs is 2. The maximum Gasteiger partial charge on any atom is 0.243 e. The molecule has 3 atom stereocenters. The van der Waals surface area contributed by atoms with E-state index in [4.69, 9.17) is 54.8 Å². The molecule has 0 spiro atoms. The molecule has 1 aliphatic heterocycles. The Kier molecular flexibility index (Phi) is 18.7. The van der Waals surface area contributed by atoms with Gasteiger partial charge in [0.05, 0.1) is 28.7 Å². The number of hydrogen-bond donors (Lipinski definition) is 12. The predicted octanol–water partition coefficient (Wildman–Crippen LogP) is -0.216. The van der Waals surface area contributed by atoms with Crippen molar-refractivity contribution in [2.45, 2.75) is 69.5 Å². The highest BCUT2D eigenvalue weighted by Gasteiger charge is 2.29. The second-order valence-corrected chi connectivity index (χ2v) is 17.4. The molecule has 6 rings (SSSR count). The van der Waals surface area contributed by atoms with Crippen molar-refractivity contribution >= 4 is 69.3 Å². The Balaban J connectivity index is 1.04. The van der Waals surface area contributed by atoms with Gasteiger partial charge in [0.1, 0.15) is 35.5 Å². The van der Waals surface area contributed by atoms with Gasteiger partial charge in [0.2, 0.25) is 23.6 Å². The van der Waals surface area contributed by atoms with E-state index in [2.05, 4.69) is 75.9 Å². The first-order chi connectivity index (χ1) is 34.1. The minimum absolute atomic E-state index is 0.0223. The normalized spacial score (nSPS) is 14.0. The van der Waals surface area contributed by atoms with Crippen molar-refractivity contribution in [2.24, 2.45) is 55.1 Å². The molecule has 0 saturated carbocycles. The fraction of sp³-hybridized carbons (Fsp3) is 0.426. The van der Waals surface area contributed by atoms with Crippen molar-refractivity contribution in [2.75, 3.05) is 64.4 Å². The summed E-state index contributed by atoms with van der Waals surface area (Å²) >= 11 is 0. The third kappa shape index (κ3) is 16.0. The standard InChI is InChI=1S/C47H67N19O5/c1-65-20-22-66(23-21-65)30-14-16-33-38(27-30)62-42(60-33)29-13-15-32-37(26-29)61-41(59-32)28-7-2-8-31(25-28)71-24-6-12-39(67)58-35(10-4-18-56-46(51)52)43(69)64-36(11-5-19-57-47(53)54)44(70)63-34(40(48)68)9-3-17-55-45(49)50/h2,7-8,13-16,25-27,34-36H,3-6,9-12,17-24H2,1H3,(H2,48,68)(H,58,67)(H,59,61)(H,60,62)(H,63,70)(H,64,69)(H4,49,50,55)(H4,51,52,56)(H4,53,54,57)/t34-,35-,36-/m0/s1. The zero-order valence-electron chi connectivity index (χ0n) is 40.0. The van der Waals surface area contributed by atoms with Crippen LogP contribution in [0, 0.1) is 0 Å². The average Bonchev–Trinajstić information content (AvgIpc) is 3.97. The number of aliphatic imine (C=N–C) groups is 3. The number of H-pyrrole nitrogens is 2. The minimum Gasteiger partial charge on any atom is -0.494 e. The summed E-state index contributed by atoms with van der Waals surface area (Å²) in [7, 11) is 2.15. The Hall–Kier alpha value is -8.15. The number of guanidine groups is 3. The van der Waals surface area contributed by atoms with Gasteiger partial charge in [-0.2, -0.15) is 0 Å². The number of amides is 4. The van der Waals surface area contributed by atoms with Crippen molar-refractivity contribution in [1.82, 2.24) is 40.8 Å². The molecule has 0 unspecified atom stereocenters. The summed E-state index contributed by atoms with van der Waals surface area (Å²) in [5.74, 6) is -0.902. The lowest BCUT2D eigenvalue weighted by Gasteiger charge is -2.34. The number of nitrogens with two attached hydrogens (primary N) is 7. The van der Waals surface area contributed by atoms with Crippen molar-refractivity contribution in [3.05, 3.63) is 60.7 Å².